The molecule has 0 aromatic heterocycles. The molecule has 1 heterocycles. The molecule has 1 aromatic rings. The Morgan fingerprint density at radius 2 is 2.38 bits per heavy atom. The summed E-state index contributed by atoms with van der Waals surface area (Å²) in [5.41, 5.74) is 6.91. The van der Waals surface area contributed by atoms with E-state index in [1.165, 1.54) is 0 Å². The first-order valence-electron chi connectivity index (χ1n) is 5.48. The third kappa shape index (κ3) is 2.17. The molecule has 1 fully saturated rings. The van der Waals surface area contributed by atoms with Crippen LogP contribution in [0.2, 0.25) is 0 Å². The second kappa shape index (κ2) is 4.53. The monoisotopic (exact) mass is 220 g/mol. The lowest BCUT2D eigenvalue weighted by molar-refractivity contribution is -0.119. The lowest BCUT2D eigenvalue weighted by Gasteiger charge is -2.16. The summed E-state index contributed by atoms with van der Waals surface area (Å²) in [6.45, 7) is 2.57. The minimum absolute atomic E-state index is 0.0133. The summed E-state index contributed by atoms with van der Waals surface area (Å²) in [6.07, 6.45) is 0.392. The van der Waals surface area contributed by atoms with Gasteiger partial charge in [0.1, 0.15) is 5.75 Å². The Bertz CT molecular complexity index is 392. The van der Waals surface area contributed by atoms with Crippen molar-refractivity contribution >= 4 is 5.91 Å². The Hall–Kier alpha value is -1.55. The number of carbonyl (C=O) groups is 1. The molecule has 2 rings (SSSR count). The van der Waals surface area contributed by atoms with Gasteiger partial charge in [0.15, 0.2) is 0 Å². The van der Waals surface area contributed by atoms with Crippen molar-refractivity contribution in [3.8, 4) is 5.75 Å². The van der Waals surface area contributed by atoms with Crippen LogP contribution in [-0.4, -0.2) is 18.6 Å². The van der Waals surface area contributed by atoms with Gasteiger partial charge in [-0.2, -0.15) is 0 Å². The van der Waals surface area contributed by atoms with Crippen LogP contribution in [0.25, 0.3) is 0 Å². The number of ether oxygens (including phenoxy) is 1. The second-order valence-corrected chi connectivity index (χ2v) is 3.92. The quantitative estimate of drug-likeness (QED) is 0.798. The van der Waals surface area contributed by atoms with E-state index in [2.05, 4.69) is 5.32 Å². The molecule has 3 N–H and O–H groups in total. The summed E-state index contributed by atoms with van der Waals surface area (Å²) in [6, 6.07) is 7.46. The van der Waals surface area contributed by atoms with E-state index < -0.39 is 0 Å². The van der Waals surface area contributed by atoms with Crippen LogP contribution in [0.15, 0.2) is 24.3 Å². The Morgan fingerprint density at radius 3 is 3.00 bits per heavy atom. The first-order chi connectivity index (χ1) is 7.70. The Balaban J connectivity index is 2.20. The van der Waals surface area contributed by atoms with Crippen LogP contribution in [0, 0.1) is 0 Å². The van der Waals surface area contributed by atoms with Gasteiger partial charge in [-0.25, -0.2) is 0 Å². The van der Waals surface area contributed by atoms with Crippen molar-refractivity contribution in [3.63, 3.8) is 0 Å². The molecule has 2 unspecified atom stereocenters. The lowest BCUT2D eigenvalue weighted by atomic mass is 10.0. The fourth-order valence-electron chi connectivity index (χ4n) is 1.97. The summed E-state index contributed by atoms with van der Waals surface area (Å²) < 4.78 is 5.41. The van der Waals surface area contributed by atoms with E-state index in [-0.39, 0.29) is 18.0 Å². The second-order valence-electron chi connectivity index (χ2n) is 3.92. The van der Waals surface area contributed by atoms with Gasteiger partial charge >= 0.3 is 0 Å². The number of amides is 1. The molecule has 0 spiro atoms. The van der Waals surface area contributed by atoms with E-state index in [1.807, 2.05) is 31.2 Å². The van der Waals surface area contributed by atoms with Crippen molar-refractivity contribution in [1.82, 2.24) is 5.32 Å². The van der Waals surface area contributed by atoms with Crippen molar-refractivity contribution in [3.05, 3.63) is 29.8 Å². The molecule has 4 nitrogen and oxygen atoms in total. The number of hydrogen-bond acceptors (Lipinski definition) is 3. The average Bonchev–Trinajstić information content (AvgIpc) is 2.59. The molecule has 0 saturated carbocycles. The normalized spacial score (nSPS) is 24.2. The van der Waals surface area contributed by atoms with Crippen molar-refractivity contribution in [2.75, 3.05) is 6.61 Å². The molecule has 4 heteroatoms. The van der Waals surface area contributed by atoms with E-state index in [1.54, 1.807) is 0 Å². The van der Waals surface area contributed by atoms with Gasteiger partial charge in [-0.05, 0) is 24.6 Å². The van der Waals surface area contributed by atoms with E-state index in [0.717, 1.165) is 11.3 Å². The first-order valence-corrected chi connectivity index (χ1v) is 5.48. The van der Waals surface area contributed by atoms with Crippen LogP contribution in [0.5, 0.6) is 5.75 Å². The number of hydrogen-bond donors (Lipinski definition) is 2. The van der Waals surface area contributed by atoms with Gasteiger partial charge in [0.25, 0.3) is 0 Å². The minimum atomic E-state index is -0.149. The highest BCUT2D eigenvalue weighted by molar-refractivity contribution is 5.80. The zero-order valence-electron chi connectivity index (χ0n) is 9.27. The summed E-state index contributed by atoms with van der Waals surface area (Å²) in [5, 5.41) is 2.87. The zero-order chi connectivity index (χ0) is 11.5. The summed E-state index contributed by atoms with van der Waals surface area (Å²) >= 11 is 0. The van der Waals surface area contributed by atoms with Gasteiger partial charge in [0.05, 0.1) is 12.6 Å². The van der Waals surface area contributed by atoms with E-state index >= 15 is 0 Å². The highest BCUT2D eigenvalue weighted by Gasteiger charge is 2.30. The van der Waals surface area contributed by atoms with Crippen LogP contribution >= 0.6 is 0 Å². The summed E-state index contributed by atoms with van der Waals surface area (Å²) in [7, 11) is 0. The number of nitrogens with one attached hydrogen (secondary N) is 1. The van der Waals surface area contributed by atoms with Crippen LogP contribution in [-0.2, 0) is 4.79 Å². The predicted octanol–water partition coefficient (Wildman–Crippen LogP) is 0.974. The Kier molecular flexibility index (Phi) is 3.10. The maximum Gasteiger partial charge on any atom is 0.222 e. The van der Waals surface area contributed by atoms with Crippen LogP contribution in [0.1, 0.15) is 24.9 Å². The third-order valence-corrected chi connectivity index (χ3v) is 2.69. The van der Waals surface area contributed by atoms with Crippen molar-refractivity contribution in [2.45, 2.75) is 25.4 Å². The van der Waals surface area contributed by atoms with Crippen LogP contribution in [0.4, 0.5) is 0 Å². The number of benzene rings is 1. The van der Waals surface area contributed by atoms with Gasteiger partial charge in [-0.15, -0.1) is 0 Å². The van der Waals surface area contributed by atoms with Gasteiger partial charge < -0.3 is 15.8 Å². The van der Waals surface area contributed by atoms with E-state index in [4.69, 9.17) is 10.5 Å². The highest BCUT2D eigenvalue weighted by Crippen LogP contribution is 2.25. The molecule has 0 bridgehead atoms. The van der Waals surface area contributed by atoms with Gasteiger partial charge in [-0.1, -0.05) is 12.1 Å². The molecule has 0 aliphatic carbocycles. The fraction of sp³-hybridized carbons (Fsp3) is 0.417. The SMILES string of the molecule is CCOc1cccc(C2NC(=O)CC2N)c1. The Morgan fingerprint density at radius 1 is 1.56 bits per heavy atom. The van der Waals surface area contributed by atoms with E-state index in [9.17, 15) is 4.79 Å². The number of carbonyl (C=O) groups excluding carboxylic acids is 1. The van der Waals surface area contributed by atoms with Crippen LogP contribution in [0.3, 0.4) is 0 Å². The molecule has 16 heavy (non-hydrogen) atoms. The number of rotatable bonds is 3. The topological polar surface area (TPSA) is 64.3 Å². The Labute approximate surface area is 94.8 Å². The molecule has 2 atom stereocenters. The molecule has 1 aliphatic heterocycles. The summed E-state index contributed by atoms with van der Waals surface area (Å²) in [4.78, 5) is 11.2. The van der Waals surface area contributed by atoms with Gasteiger partial charge in [0.2, 0.25) is 5.91 Å². The average molecular weight is 220 g/mol. The van der Waals surface area contributed by atoms with Crippen molar-refractivity contribution in [1.29, 1.82) is 0 Å². The van der Waals surface area contributed by atoms with Crippen molar-refractivity contribution < 1.29 is 9.53 Å². The molecule has 1 amide bonds. The zero-order valence-corrected chi connectivity index (χ0v) is 9.27. The van der Waals surface area contributed by atoms with Gasteiger partial charge in [-0.3, -0.25) is 4.79 Å². The third-order valence-electron chi connectivity index (χ3n) is 2.69. The molecular weight excluding hydrogens is 204 g/mol. The molecular formula is C12H16N2O2. The van der Waals surface area contributed by atoms with Gasteiger partial charge in [0, 0.05) is 12.5 Å². The fourth-order valence-corrected chi connectivity index (χ4v) is 1.97. The largest absolute Gasteiger partial charge is 0.494 e. The highest BCUT2D eigenvalue weighted by atomic mass is 16.5. The lowest BCUT2D eigenvalue weighted by Crippen LogP contribution is -2.28. The minimum Gasteiger partial charge on any atom is -0.494 e. The van der Waals surface area contributed by atoms with E-state index in [0.29, 0.717) is 13.0 Å². The van der Waals surface area contributed by atoms with Crippen molar-refractivity contribution in [2.24, 2.45) is 5.73 Å². The first kappa shape index (κ1) is 11.0. The molecule has 1 aliphatic rings. The molecule has 1 saturated heterocycles. The maximum absolute atomic E-state index is 11.2. The predicted molar refractivity (Wildman–Crippen MR) is 61.1 cm³/mol. The molecule has 1 aromatic carbocycles. The molecule has 0 radical (unpaired) electrons. The number of nitrogens with two attached hydrogens (primary N) is 1. The summed E-state index contributed by atoms with van der Waals surface area (Å²) in [5.74, 6) is 0.827. The smallest absolute Gasteiger partial charge is 0.222 e. The van der Waals surface area contributed by atoms with Crippen LogP contribution < -0.4 is 15.8 Å². The molecule has 86 valence electrons. The standard InChI is InChI=1S/C12H16N2O2/c1-2-16-9-5-3-4-8(6-9)12-10(13)7-11(15)14-12/h3-6,10,12H,2,7,13H2,1H3,(H,14,15). The maximum atomic E-state index is 11.2.